The standard InChI is InChI=1S/C17H16O4/c1-17(2)8-7-12(19)15-13(20)9-14(21-16(15)17)10-3-5-11(18)6-4-10/h3-7,9,18-19H,8H2,1-2H3. The number of aliphatic hydroxyl groups is 1. The Morgan fingerprint density at radius 3 is 2.48 bits per heavy atom. The lowest BCUT2D eigenvalue weighted by Crippen LogP contribution is -2.26. The number of aliphatic hydroxyl groups excluding tert-OH is 1. The number of aromatic hydroxyl groups is 1. The number of rotatable bonds is 1. The summed E-state index contributed by atoms with van der Waals surface area (Å²) in [6.07, 6.45) is 2.26. The Labute approximate surface area is 122 Å². The summed E-state index contributed by atoms with van der Waals surface area (Å²) in [5, 5.41) is 19.3. The molecule has 0 saturated heterocycles. The normalized spacial score (nSPS) is 16.2. The summed E-state index contributed by atoms with van der Waals surface area (Å²) < 4.78 is 5.91. The molecule has 0 atom stereocenters. The molecule has 2 aromatic rings. The van der Waals surface area contributed by atoms with Crippen molar-refractivity contribution in [2.24, 2.45) is 0 Å². The second-order valence-electron chi connectivity index (χ2n) is 5.90. The monoisotopic (exact) mass is 284 g/mol. The van der Waals surface area contributed by atoms with Crippen LogP contribution in [0, 0.1) is 0 Å². The summed E-state index contributed by atoms with van der Waals surface area (Å²) in [5.74, 6) is 1.06. The van der Waals surface area contributed by atoms with E-state index in [9.17, 15) is 15.0 Å². The molecular weight excluding hydrogens is 268 g/mol. The smallest absolute Gasteiger partial charge is 0.196 e. The first-order valence-corrected chi connectivity index (χ1v) is 6.76. The van der Waals surface area contributed by atoms with Gasteiger partial charge in [-0.1, -0.05) is 13.8 Å². The van der Waals surface area contributed by atoms with Gasteiger partial charge in [-0.2, -0.15) is 0 Å². The molecule has 0 spiro atoms. The summed E-state index contributed by atoms with van der Waals surface area (Å²) in [6, 6.07) is 7.82. The van der Waals surface area contributed by atoms with E-state index < -0.39 is 0 Å². The van der Waals surface area contributed by atoms with Crippen LogP contribution in [0.25, 0.3) is 17.1 Å². The Hall–Kier alpha value is -2.49. The van der Waals surface area contributed by atoms with Crippen molar-refractivity contribution in [2.45, 2.75) is 25.7 Å². The van der Waals surface area contributed by atoms with Gasteiger partial charge in [0.2, 0.25) is 0 Å². The van der Waals surface area contributed by atoms with E-state index in [1.165, 1.54) is 18.2 Å². The zero-order chi connectivity index (χ0) is 15.2. The molecular formula is C17H16O4. The van der Waals surface area contributed by atoms with Gasteiger partial charge in [0.25, 0.3) is 0 Å². The topological polar surface area (TPSA) is 70.7 Å². The third-order valence-corrected chi connectivity index (χ3v) is 3.78. The van der Waals surface area contributed by atoms with E-state index in [2.05, 4.69) is 0 Å². The van der Waals surface area contributed by atoms with Gasteiger partial charge in [-0.15, -0.1) is 0 Å². The molecule has 1 aromatic carbocycles. The first-order chi connectivity index (χ1) is 9.88. The molecule has 0 bridgehead atoms. The maximum atomic E-state index is 12.3. The number of fused-ring (bicyclic) bond motifs is 1. The quantitative estimate of drug-likeness (QED) is 0.839. The molecule has 21 heavy (non-hydrogen) atoms. The zero-order valence-corrected chi connectivity index (χ0v) is 11.9. The van der Waals surface area contributed by atoms with E-state index in [4.69, 9.17) is 4.42 Å². The Bertz CT molecular complexity index is 779. The van der Waals surface area contributed by atoms with Crippen LogP contribution in [0.5, 0.6) is 5.75 Å². The van der Waals surface area contributed by atoms with Crippen molar-refractivity contribution in [3.05, 3.63) is 58.0 Å². The third kappa shape index (κ3) is 2.23. The van der Waals surface area contributed by atoms with E-state index in [-0.39, 0.29) is 27.9 Å². The van der Waals surface area contributed by atoms with Crippen LogP contribution in [0.4, 0.5) is 0 Å². The number of phenols is 1. The molecule has 0 fully saturated rings. The SMILES string of the molecule is CC1(C)CC=C(O)c2c1oc(-c1ccc(O)cc1)cc2=O. The van der Waals surface area contributed by atoms with Gasteiger partial charge in [0, 0.05) is 17.0 Å². The molecule has 1 aliphatic rings. The first-order valence-electron chi connectivity index (χ1n) is 6.76. The highest BCUT2D eigenvalue weighted by molar-refractivity contribution is 5.67. The van der Waals surface area contributed by atoms with Crippen LogP contribution < -0.4 is 5.43 Å². The second-order valence-corrected chi connectivity index (χ2v) is 5.90. The van der Waals surface area contributed by atoms with Gasteiger partial charge in [0.05, 0.1) is 0 Å². The molecule has 108 valence electrons. The van der Waals surface area contributed by atoms with E-state index in [1.807, 2.05) is 13.8 Å². The molecule has 1 aromatic heterocycles. The minimum absolute atomic E-state index is 0.0182. The largest absolute Gasteiger partial charge is 0.508 e. The van der Waals surface area contributed by atoms with Gasteiger partial charge in [0.1, 0.15) is 28.6 Å². The van der Waals surface area contributed by atoms with Crippen LogP contribution in [-0.2, 0) is 5.41 Å². The van der Waals surface area contributed by atoms with Crippen molar-refractivity contribution in [3.63, 3.8) is 0 Å². The molecule has 0 radical (unpaired) electrons. The fourth-order valence-electron chi connectivity index (χ4n) is 2.53. The Morgan fingerprint density at radius 2 is 1.81 bits per heavy atom. The molecule has 1 aliphatic carbocycles. The Morgan fingerprint density at radius 1 is 1.14 bits per heavy atom. The number of benzene rings is 1. The van der Waals surface area contributed by atoms with Gasteiger partial charge in [0.15, 0.2) is 5.43 Å². The maximum Gasteiger partial charge on any atom is 0.196 e. The molecule has 0 aliphatic heterocycles. The zero-order valence-electron chi connectivity index (χ0n) is 11.9. The van der Waals surface area contributed by atoms with Crippen LogP contribution in [0.3, 0.4) is 0 Å². The fourth-order valence-corrected chi connectivity index (χ4v) is 2.53. The molecule has 0 unspecified atom stereocenters. The lowest BCUT2D eigenvalue weighted by Gasteiger charge is -2.28. The van der Waals surface area contributed by atoms with E-state index >= 15 is 0 Å². The summed E-state index contributed by atoms with van der Waals surface area (Å²) in [6.45, 7) is 3.94. The predicted molar refractivity (Wildman–Crippen MR) is 80.3 cm³/mol. The number of allylic oxidation sites excluding steroid dienone is 1. The van der Waals surface area contributed by atoms with Crippen molar-refractivity contribution in [1.82, 2.24) is 0 Å². The van der Waals surface area contributed by atoms with Gasteiger partial charge < -0.3 is 14.6 Å². The summed E-state index contributed by atoms with van der Waals surface area (Å²) in [7, 11) is 0. The van der Waals surface area contributed by atoms with Gasteiger partial charge in [-0.25, -0.2) is 0 Å². The maximum absolute atomic E-state index is 12.3. The van der Waals surface area contributed by atoms with Crippen molar-refractivity contribution in [1.29, 1.82) is 0 Å². The third-order valence-electron chi connectivity index (χ3n) is 3.78. The van der Waals surface area contributed by atoms with Crippen LogP contribution in [0.2, 0.25) is 0 Å². The van der Waals surface area contributed by atoms with Crippen molar-refractivity contribution < 1.29 is 14.6 Å². The minimum atomic E-state index is -0.354. The number of phenolic OH excluding ortho intramolecular Hbond substituents is 1. The first kappa shape index (κ1) is 13.5. The average Bonchev–Trinajstić information content (AvgIpc) is 2.43. The van der Waals surface area contributed by atoms with Crippen LogP contribution in [0.1, 0.15) is 31.6 Å². The number of hydrogen-bond donors (Lipinski definition) is 2. The van der Waals surface area contributed by atoms with Crippen LogP contribution in [-0.4, -0.2) is 10.2 Å². The predicted octanol–water partition coefficient (Wildman–Crippen LogP) is 3.59. The molecule has 0 amide bonds. The lowest BCUT2D eigenvalue weighted by molar-refractivity contribution is 0.363. The fraction of sp³-hybridized carbons (Fsp3) is 0.235. The van der Waals surface area contributed by atoms with Gasteiger partial charge in [-0.3, -0.25) is 4.79 Å². The summed E-state index contributed by atoms with van der Waals surface area (Å²) in [5.41, 5.74) is 0.334. The number of hydrogen-bond acceptors (Lipinski definition) is 4. The molecule has 2 N–H and O–H groups in total. The van der Waals surface area contributed by atoms with E-state index in [0.717, 1.165) is 0 Å². The van der Waals surface area contributed by atoms with E-state index in [0.29, 0.717) is 23.5 Å². The highest BCUT2D eigenvalue weighted by atomic mass is 16.3. The van der Waals surface area contributed by atoms with Crippen LogP contribution in [0.15, 0.2) is 45.6 Å². The molecule has 4 nitrogen and oxygen atoms in total. The summed E-state index contributed by atoms with van der Waals surface area (Å²) in [4.78, 5) is 12.3. The summed E-state index contributed by atoms with van der Waals surface area (Å²) >= 11 is 0. The molecule has 1 heterocycles. The molecule has 3 rings (SSSR count). The van der Waals surface area contributed by atoms with Crippen molar-refractivity contribution >= 4 is 5.76 Å². The van der Waals surface area contributed by atoms with Crippen LogP contribution >= 0.6 is 0 Å². The highest BCUT2D eigenvalue weighted by Crippen LogP contribution is 2.38. The highest BCUT2D eigenvalue weighted by Gasteiger charge is 2.33. The minimum Gasteiger partial charge on any atom is -0.508 e. The Kier molecular flexibility index (Phi) is 2.90. The lowest BCUT2D eigenvalue weighted by atomic mass is 9.79. The average molecular weight is 284 g/mol. The Balaban J connectivity index is 2.24. The van der Waals surface area contributed by atoms with Gasteiger partial charge in [-0.05, 0) is 36.8 Å². The van der Waals surface area contributed by atoms with E-state index in [1.54, 1.807) is 18.2 Å². The van der Waals surface area contributed by atoms with Crippen molar-refractivity contribution in [2.75, 3.05) is 0 Å². The second kappa shape index (κ2) is 4.52. The molecule has 4 heteroatoms. The van der Waals surface area contributed by atoms with Crippen molar-refractivity contribution in [3.8, 4) is 17.1 Å². The molecule has 0 saturated carbocycles. The van der Waals surface area contributed by atoms with Gasteiger partial charge >= 0.3 is 0 Å².